The zero-order chi connectivity index (χ0) is 11.8. The van der Waals surface area contributed by atoms with Gasteiger partial charge in [0.1, 0.15) is 5.75 Å². The molecule has 0 heterocycles. The Morgan fingerprint density at radius 1 is 1.31 bits per heavy atom. The van der Waals surface area contributed by atoms with Crippen LogP contribution in [0.3, 0.4) is 0 Å². The average molecular weight is 221 g/mol. The van der Waals surface area contributed by atoms with Gasteiger partial charge < -0.3 is 10.1 Å². The molecule has 1 aromatic carbocycles. The molecule has 0 aromatic heterocycles. The van der Waals surface area contributed by atoms with E-state index in [4.69, 9.17) is 4.74 Å². The quantitative estimate of drug-likeness (QED) is 0.701. The molecule has 1 atom stereocenters. The SMILES string of the molecule is CCCCNc1cccc(OC(C)CC)c1. The standard InChI is InChI=1S/C14H23NO/c1-4-6-10-15-13-8-7-9-14(11-13)16-12(3)5-2/h7-9,11-12,15H,4-6,10H2,1-3H3. The Morgan fingerprint density at radius 2 is 2.12 bits per heavy atom. The summed E-state index contributed by atoms with van der Waals surface area (Å²) in [6.45, 7) is 7.46. The van der Waals surface area contributed by atoms with Crippen molar-refractivity contribution < 1.29 is 4.74 Å². The Kier molecular flexibility index (Phi) is 5.76. The van der Waals surface area contributed by atoms with Crippen LogP contribution in [0.1, 0.15) is 40.0 Å². The predicted octanol–water partition coefficient (Wildman–Crippen LogP) is 4.08. The van der Waals surface area contributed by atoms with E-state index in [1.54, 1.807) is 0 Å². The second kappa shape index (κ2) is 7.15. The van der Waals surface area contributed by atoms with Gasteiger partial charge in [0.2, 0.25) is 0 Å². The molecule has 90 valence electrons. The van der Waals surface area contributed by atoms with Crippen LogP contribution in [-0.4, -0.2) is 12.6 Å². The first-order chi connectivity index (χ1) is 7.76. The van der Waals surface area contributed by atoms with E-state index in [2.05, 4.69) is 38.2 Å². The Hall–Kier alpha value is -1.18. The topological polar surface area (TPSA) is 21.3 Å². The normalized spacial score (nSPS) is 12.2. The van der Waals surface area contributed by atoms with Crippen molar-refractivity contribution in [2.24, 2.45) is 0 Å². The third-order valence-corrected chi connectivity index (χ3v) is 2.61. The van der Waals surface area contributed by atoms with Gasteiger partial charge in [-0.3, -0.25) is 0 Å². The van der Waals surface area contributed by atoms with Gasteiger partial charge in [-0.25, -0.2) is 0 Å². The molecule has 2 nitrogen and oxygen atoms in total. The monoisotopic (exact) mass is 221 g/mol. The number of hydrogen-bond acceptors (Lipinski definition) is 2. The average Bonchev–Trinajstić information content (AvgIpc) is 2.30. The molecule has 0 bridgehead atoms. The largest absolute Gasteiger partial charge is 0.491 e. The fraction of sp³-hybridized carbons (Fsp3) is 0.571. The van der Waals surface area contributed by atoms with E-state index in [-0.39, 0.29) is 6.10 Å². The zero-order valence-electron chi connectivity index (χ0n) is 10.6. The molecular formula is C14H23NO. The summed E-state index contributed by atoms with van der Waals surface area (Å²) in [4.78, 5) is 0. The first-order valence-electron chi connectivity index (χ1n) is 6.26. The van der Waals surface area contributed by atoms with E-state index in [1.807, 2.05) is 12.1 Å². The van der Waals surface area contributed by atoms with E-state index in [9.17, 15) is 0 Å². The van der Waals surface area contributed by atoms with Crippen molar-refractivity contribution in [2.45, 2.75) is 46.1 Å². The van der Waals surface area contributed by atoms with Gasteiger partial charge in [-0.15, -0.1) is 0 Å². The lowest BCUT2D eigenvalue weighted by molar-refractivity contribution is 0.217. The molecular weight excluding hydrogens is 198 g/mol. The minimum atomic E-state index is 0.283. The van der Waals surface area contributed by atoms with Gasteiger partial charge in [0, 0.05) is 18.3 Å². The molecule has 0 aliphatic carbocycles. The van der Waals surface area contributed by atoms with Gasteiger partial charge in [0.15, 0.2) is 0 Å². The van der Waals surface area contributed by atoms with Crippen molar-refractivity contribution in [2.75, 3.05) is 11.9 Å². The summed E-state index contributed by atoms with van der Waals surface area (Å²) in [5.74, 6) is 0.954. The molecule has 0 spiro atoms. The van der Waals surface area contributed by atoms with Crippen LogP contribution in [0, 0.1) is 0 Å². The number of hydrogen-bond donors (Lipinski definition) is 1. The second-order valence-corrected chi connectivity index (χ2v) is 4.14. The third-order valence-electron chi connectivity index (χ3n) is 2.61. The summed E-state index contributed by atoms with van der Waals surface area (Å²) in [5, 5.41) is 3.40. The fourth-order valence-electron chi connectivity index (χ4n) is 1.40. The van der Waals surface area contributed by atoms with Gasteiger partial charge in [0.25, 0.3) is 0 Å². The summed E-state index contributed by atoms with van der Waals surface area (Å²) in [5.41, 5.74) is 1.15. The molecule has 0 radical (unpaired) electrons. The van der Waals surface area contributed by atoms with Crippen LogP contribution in [0.2, 0.25) is 0 Å². The number of anilines is 1. The maximum atomic E-state index is 5.77. The van der Waals surface area contributed by atoms with Crippen LogP contribution < -0.4 is 10.1 Å². The molecule has 0 aliphatic heterocycles. The van der Waals surface area contributed by atoms with E-state index < -0.39 is 0 Å². The van der Waals surface area contributed by atoms with Gasteiger partial charge >= 0.3 is 0 Å². The minimum Gasteiger partial charge on any atom is -0.491 e. The molecule has 1 unspecified atom stereocenters. The van der Waals surface area contributed by atoms with Gasteiger partial charge in [0.05, 0.1) is 6.10 Å². The highest BCUT2D eigenvalue weighted by atomic mass is 16.5. The predicted molar refractivity (Wildman–Crippen MR) is 70.2 cm³/mol. The Bertz CT molecular complexity index is 299. The van der Waals surface area contributed by atoms with Crippen molar-refractivity contribution in [1.29, 1.82) is 0 Å². The van der Waals surface area contributed by atoms with Crippen molar-refractivity contribution >= 4 is 5.69 Å². The lowest BCUT2D eigenvalue weighted by atomic mass is 10.2. The first-order valence-corrected chi connectivity index (χ1v) is 6.26. The van der Waals surface area contributed by atoms with Crippen molar-refractivity contribution in [3.05, 3.63) is 24.3 Å². The van der Waals surface area contributed by atoms with Gasteiger partial charge in [-0.2, -0.15) is 0 Å². The van der Waals surface area contributed by atoms with Gasteiger partial charge in [-0.05, 0) is 31.9 Å². The highest BCUT2D eigenvalue weighted by Gasteiger charge is 2.01. The number of benzene rings is 1. The van der Waals surface area contributed by atoms with Crippen LogP contribution in [0.5, 0.6) is 5.75 Å². The highest BCUT2D eigenvalue weighted by molar-refractivity contribution is 5.48. The van der Waals surface area contributed by atoms with E-state index >= 15 is 0 Å². The number of ether oxygens (including phenoxy) is 1. The zero-order valence-corrected chi connectivity index (χ0v) is 10.6. The molecule has 0 amide bonds. The number of rotatable bonds is 7. The van der Waals surface area contributed by atoms with Crippen molar-refractivity contribution in [1.82, 2.24) is 0 Å². The van der Waals surface area contributed by atoms with Crippen molar-refractivity contribution in [3.63, 3.8) is 0 Å². The molecule has 0 saturated carbocycles. The molecule has 0 saturated heterocycles. The summed E-state index contributed by atoms with van der Waals surface area (Å²) < 4.78 is 5.77. The molecule has 16 heavy (non-hydrogen) atoms. The molecule has 1 aromatic rings. The van der Waals surface area contributed by atoms with Crippen LogP contribution in [-0.2, 0) is 0 Å². The number of unbranched alkanes of at least 4 members (excludes halogenated alkanes) is 1. The van der Waals surface area contributed by atoms with Crippen LogP contribution in [0.4, 0.5) is 5.69 Å². The second-order valence-electron chi connectivity index (χ2n) is 4.14. The van der Waals surface area contributed by atoms with Crippen molar-refractivity contribution in [3.8, 4) is 5.75 Å². The van der Waals surface area contributed by atoms with Crippen LogP contribution in [0.15, 0.2) is 24.3 Å². The summed E-state index contributed by atoms with van der Waals surface area (Å²) in [6.07, 6.45) is 3.74. The third kappa shape index (κ3) is 4.56. The maximum absolute atomic E-state index is 5.77. The maximum Gasteiger partial charge on any atom is 0.121 e. The summed E-state index contributed by atoms with van der Waals surface area (Å²) in [7, 11) is 0. The molecule has 0 aliphatic rings. The minimum absolute atomic E-state index is 0.283. The number of nitrogens with one attached hydrogen (secondary N) is 1. The Morgan fingerprint density at radius 3 is 2.81 bits per heavy atom. The smallest absolute Gasteiger partial charge is 0.121 e. The summed E-state index contributed by atoms with van der Waals surface area (Å²) >= 11 is 0. The van der Waals surface area contributed by atoms with Crippen LogP contribution in [0.25, 0.3) is 0 Å². The van der Waals surface area contributed by atoms with E-state index in [1.165, 1.54) is 12.8 Å². The Balaban J connectivity index is 2.50. The van der Waals surface area contributed by atoms with E-state index in [0.717, 1.165) is 24.4 Å². The first kappa shape index (κ1) is 12.9. The molecule has 1 N–H and O–H groups in total. The lowest BCUT2D eigenvalue weighted by Gasteiger charge is -2.13. The Labute approximate surface area is 99.0 Å². The van der Waals surface area contributed by atoms with Gasteiger partial charge in [-0.1, -0.05) is 26.3 Å². The lowest BCUT2D eigenvalue weighted by Crippen LogP contribution is -2.10. The molecule has 1 rings (SSSR count). The molecule has 2 heteroatoms. The molecule has 0 fully saturated rings. The van der Waals surface area contributed by atoms with E-state index in [0.29, 0.717) is 0 Å². The highest BCUT2D eigenvalue weighted by Crippen LogP contribution is 2.19. The van der Waals surface area contributed by atoms with Crippen LogP contribution >= 0.6 is 0 Å². The summed E-state index contributed by atoms with van der Waals surface area (Å²) in [6, 6.07) is 8.20. The fourth-order valence-corrected chi connectivity index (χ4v) is 1.40.